The predicted octanol–water partition coefficient (Wildman–Crippen LogP) is 5.90. The first-order valence-electron chi connectivity index (χ1n) is 6.15. The summed E-state index contributed by atoms with van der Waals surface area (Å²) in [4.78, 5) is 0. The zero-order valence-corrected chi connectivity index (χ0v) is 13.5. The Kier molecular flexibility index (Phi) is 5.00. The third-order valence-electron chi connectivity index (χ3n) is 3.15. The highest BCUT2D eigenvalue weighted by atomic mass is 35.5. The Labute approximate surface area is 145 Å². The van der Waals surface area contributed by atoms with Gasteiger partial charge in [0.1, 0.15) is 0 Å². The van der Waals surface area contributed by atoms with E-state index in [2.05, 4.69) is 0 Å². The lowest BCUT2D eigenvalue weighted by Crippen LogP contribution is -2.08. The Morgan fingerprint density at radius 3 is 2.04 bits per heavy atom. The molecule has 0 bridgehead atoms. The number of rotatable bonds is 2. The second-order valence-electron chi connectivity index (χ2n) is 4.70. The zero-order chi connectivity index (χ0) is 17.4. The molecule has 0 aliphatic heterocycles. The van der Waals surface area contributed by atoms with Crippen LogP contribution in [0.25, 0.3) is 0 Å². The molecule has 0 aliphatic rings. The minimum absolute atomic E-state index is 0.0813. The van der Waals surface area contributed by atoms with Crippen LogP contribution in [0, 0.1) is 11.3 Å². The molecule has 0 amide bonds. The fourth-order valence-electron chi connectivity index (χ4n) is 2.13. The van der Waals surface area contributed by atoms with Gasteiger partial charge in [-0.05, 0) is 29.8 Å². The van der Waals surface area contributed by atoms with Gasteiger partial charge in [-0.25, -0.2) is 0 Å². The second kappa shape index (κ2) is 6.48. The predicted molar refractivity (Wildman–Crippen MR) is 84.8 cm³/mol. The maximum Gasteiger partial charge on any atom is 0.417 e. The maximum absolute atomic E-state index is 13.0. The SMILES string of the molecule is N#CC(c1ccc(Cl)c(C(F)(F)F)c1)c1c(Cl)cc(N)cc1Cl. The van der Waals surface area contributed by atoms with Crippen LogP contribution >= 0.6 is 34.8 Å². The molecule has 0 radical (unpaired) electrons. The van der Waals surface area contributed by atoms with Crippen LogP contribution in [0.1, 0.15) is 22.6 Å². The average Bonchev–Trinajstić information content (AvgIpc) is 2.42. The quantitative estimate of drug-likeness (QED) is 0.660. The Morgan fingerprint density at radius 2 is 1.57 bits per heavy atom. The third-order valence-corrected chi connectivity index (χ3v) is 4.10. The van der Waals surface area contributed by atoms with E-state index in [9.17, 15) is 18.4 Å². The van der Waals surface area contributed by atoms with Crippen molar-refractivity contribution in [3.8, 4) is 6.07 Å². The molecule has 2 aromatic rings. The van der Waals surface area contributed by atoms with Crippen LogP contribution in [-0.2, 0) is 6.18 Å². The normalized spacial score (nSPS) is 12.7. The monoisotopic (exact) mass is 378 g/mol. The van der Waals surface area contributed by atoms with Gasteiger partial charge in [0.2, 0.25) is 0 Å². The summed E-state index contributed by atoms with van der Waals surface area (Å²) in [7, 11) is 0. The molecule has 120 valence electrons. The lowest BCUT2D eigenvalue weighted by atomic mass is 9.91. The summed E-state index contributed by atoms with van der Waals surface area (Å²) < 4.78 is 38.9. The number of benzene rings is 2. The van der Waals surface area contributed by atoms with Crippen molar-refractivity contribution < 1.29 is 13.2 Å². The Balaban J connectivity index is 2.63. The van der Waals surface area contributed by atoms with Gasteiger partial charge in [0.25, 0.3) is 0 Å². The number of alkyl halides is 3. The highest BCUT2D eigenvalue weighted by molar-refractivity contribution is 6.36. The molecule has 1 unspecified atom stereocenters. The first kappa shape index (κ1) is 17.7. The van der Waals surface area contributed by atoms with E-state index >= 15 is 0 Å². The summed E-state index contributed by atoms with van der Waals surface area (Å²) in [6.45, 7) is 0. The van der Waals surface area contributed by atoms with Crippen molar-refractivity contribution >= 4 is 40.5 Å². The van der Waals surface area contributed by atoms with Crippen LogP contribution in [0.5, 0.6) is 0 Å². The van der Waals surface area contributed by atoms with Crippen molar-refractivity contribution in [1.29, 1.82) is 5.26 Å². The van der Waals surface area contributed by atoms with Gasteiger partial charge in [0, 0.05) is 21.3 Å². The summed E-state index contributed by atoms with van der Waals surface area (Å²) in [5, 5.41) is 9.15. The van der Waals surface area contributed by atoms with Gasteiger partial charge in [-0.15, -0.1) is 0 Å². The molecule has 0 fully saturated rings. The largest absolute Gasteiger partial charge is 0.417 e. The van der Waals surface area contributed by atoms with E-state index < -0.39 is 22.7 Å². The van der Waals surface area contributed by atoms with E-state index in [4.69, 9.17) is 40.5 Å². The maximum atomic E-state index is 13.0. The molecular formula is C15H8Cl3F3N2. The fourth-order valence-corrected chi connectivity index (χ4v) is 3.07. The van der Waals surface area contributed by atoms with Crippen LogP contribution in [0.4, 0.5) is 18.9 Å². The topological polar surface area (TPSA) is 49.8 Å². The molecule has 8 heteroatoms. The van der Waals surface area contributed by atoms with E-state index in [0.717, 1.165) is 12.1 Å². The van der Waals surface area contributed by atoms with E-state index in [-0.39, 0.29) is 26.9 Å². The van der Waals surface area contributed by atoms with Gasteiger partial charge in [-0.2, -0.15) is 18.4 Å². The van der Waals surface area contributed by atoms with Gasteiger partial charge in [0.15, 0.2) is 0 Å². The van der Waals surface area contributed by atoms with Gasteiger partial charge in [0.05, 0.1) is 22.6 Å². The molecule has 0 saturated carbocycles. The number of halogens is 6. The number of nitrogens with zero attached hydrogens (tertiary/aromatic N) is 1. The molecule has 0 spiro atoms. The summed E-state index contributed by atoms with van der Waals surface area (Å²) in [6, 6.07) is 7.91. The van der Waals surface area contributed by atoms with Gasteiger partial charge < -0.3 is 5.73 Å². The van der Waals surface area contributed by atoms with Crippen LogP contribution < -0.4 is 5.73 Å². The summed E-state index contributed by atoms with van der Waals surface area (Å²) in [5.74, 6) is -1.09. The first-order chi connectivity index (χ1) is 10.6. The average molecular weight is 380 g/mol. The van der Waals surface area contributed by atoms with Gasteiger partial charge in [-0.3, -0.25) is 0 Å². The lowest BCUT2D eigenvalue weighted by Gasteiger charge is -2.17. The Morgan fingerprint density at radius 1 is 1.00 bits per heavy atom. The third kappa shape index (κ3) is 3.66. The second-order valence-corrected chi connectivity index (χ2v) is 5.92. The van der Waals surface area contributed by atoms with Crippen molar-refractivity contribution in [1.82, 2.24) is 0 Å². The summed E-state index contributed by atoms with van der Waals surface area (Å²) >= 11 is 17.7. The number of anilines is 1. The van der Waals surface area contributed by atoms with E-state index in [1.807, 2.05) is 6.07 Å². The van der Waals surface area contributed by atoms with Gasteiger partial charge >= 0.3 is 6.18 Å². The van der Waals surface area contributed by atoms with Crippen LogP contribution in [0.3, 0.4) is 0 Å². The smallest absolute Gasteiger partial charge is 0.399 e. The number of hydrogen-bond acceptors (Lipinski definition) is 2. The molecule has 0 heterocycles. The molecular weight excluding hydrogens is 372 g/mol. The zero-order valence-electron chi connectivity index (χ0n) is 11.3. The Hall–Kier alpha value is -1.61. The fraction of sp³-hybridized carbons (Fsp3) is 0.133. The minimum Gasteiger partial charge on any atom is -0.399 e. The number of nitrogens with two attached hydrogens (primary N) is 1. The number of hydrogen-bond donors (Lipinski definition) is 1. The van der Waals surface area contributed by atoms with E-state index in [1.54, 1.807) is 0 Å². The molecule has 0 aliphatic carbocycles. The van der Waals surface area contributed by atoms with Crippen LogP contribution in [-0.4, -0.2) is 0 Å². The van der Waals surface area contributed by atoms with Crippen molar-refractivity contribution in [2.75, 3.05) is 5.73 Å². The molecule has 0 saturated heterocycles. The minimum atomic E-state index is -4.64. The van der Waals surface area contributed by atoms with Crippen molar-refractivity contribution in [3.63, 3.8) is 0 Å². The Bertz CT molecular complexity index is 775. The van der Waals surface area contributed by atoms with Crippen molar-refractivity contribution in [3.05, 3.63) is 62.1 Å². The van der Waals surface area contributed by atoms with E-state index in [0.29, 0.717) is 0 Å². The molecule has 2 aromatic carbocycles. The van der Waals surface area contributed by atoms with Crippen molar-refractivity contribution in [2.45, 2.75) is 12.1 Å². The summed E-state index contributed by atoms with van der Waals surface area (Å²) in [6.07, 6.45) is -4.64. The standard InChI is InChI=1S/C15H8Cl3F3N2/c16-11-2-1-7(3-10(11)15(19,20)21)9(6-22)14-12(17)4-8(23)5-13(14)18/h1-5,9H,23H2. The molecule has 2 N–H and O–H groups in total. The lowest BCUT2D eigenvalue weighted by molar-refractivity contribution is -0.137. The molecule has 2 nitrogen and oxygen atoms in total. The van der Waals surface area contributed by atoms with Crippen LogP contribution in [0.2, 0.25) is 15.1 Å². The van der Waals surface area contributed by atoms with Crippen LogP contribution in [0.15, 0.2) is 30.3 Å². The number of nitriles is 1. The molecule has 2 rings (SSSR count). The molecule has 1 atom stereocenters. The molecule has 0 aromatic heterocycles. The first-order valence-corrected chi connectivity index (χ1v) is 7.29. The molecule has 23 heavy (non-hydrogen) atoms. The highest BCUT2D eigenvalue weighted by Crippen LogP contribution is 2.40. The summed E-state index contributed by atoms with van der Waals surface area (Å²) in [5.41, 5.74) is 5.12. The van der Waals surface area contributed by atoms with E-state index in [1.165, 1.54) is 18.2 Å². The number of nitrogen functional groups attached to an aromatic ring is 1. The highest BCUT2D eigenvalue weighted by Gasteiger charge is 2.34. The van der Waals surface area contributed by atoms with Gasteiger partial charge in [-0.1, -0.05) is 40.9 Å². The van der Waals surface area contributed by atoms with Crippen molar-refractivity contribution in [2.24, 2.45) is 0 Å².